The lowest BCUT2D eigenvalue weighted by molar-refractivity contribution is 0.665. The van der Waals surface area contributed by atoms with Gasteiger partial charge in [-0.15, -0.1) is 0 Å². The molecule has 0 amide bonds. The van der Waals surface area contributed by atoms with Crippen molar-refractivity contribution in [1.82, 2.24) is 5.32 Å². The SMILES string of the molecule is CCCNCc1cc(Br)ccc1N(CC1CC1)C1CC1. The molecule has 0 atom stereocenters. The molecular weight excluding hydrogens is 312 g/mol. The van der Waals surface area contributed by atoms with Crippen molar-refractivity contribution >= 4 is 21.6 Å². The zero-order chi connectivity index (χ0) is 13.9. The Labute approximate surface area is 131 Å². The van der Waals surface area contributed by atoms with Gasteiger partial charge < -0.3 is 10.2 Å². The molecule has 2 aliphatic rings. The number of hydrogen-bond donors (Lipinski definition) is 1. The number of nitrogens with zero attached hydrogens (tertiary/aromatic N) is 1. The zero-order valence-electron chi connectivity index (χ0n) is 12.4. The summed E-state index contributed by atoms with van der Waals surface area (Å²) in [7, 11) is 0. The molecule has 0 aliphatic heterocycles. The third kappa shape index (κ3) is 3.76. The molecule has 2 nitrogen and oxygen atoms in total. The van der Waals surface area contributed by atoms with Crippen LogP contribution in [0.4, 0.5) is 5.69 Å². The van der Waals surface area contributed by atoms with E-state index in [2.05, 4.69) is 51.3 Å². The summed E-state index contributed by atoms with van der Waals surface area (Å²) in [5.74, 6) is 0.954. The van der Waals surface area contributed by atoms with E-state index in [1.165, 1.54) is 54.4 Å². The van der Waals surface area contributed by atoms with E-state index in [0.717, 1.165) is 25.0 Å². The molecule has 0 saturated heterocycles. The lowest BCUT2D eigenvalue weighted by Crippen LogP contribution is -2.29. The second-order valence-electron chi connectivity index (χ2n) is 6.28. The first-order valence-electron chi connectivity index (χ1n) is 8.03. The number of benzene rings is 1. The summed E-state index contributed by atoms with van der Waals surface area (Å²) >= 11 is 3.62. The summed E-state index contributed by atoms with van der Waals surface area (Å²) in [6.45, 7) is 5.57. The van der Waals surface area contributed by atoms with E-state index >= 15 is 0 Å². The van der Waals surface area contributed by atoms with Crippen LogP contribution in [0.3, 0.4) is 0 Å². The Hall–Kier alpha value is -0.540. The van der Waals surface area contributed by atoms with E-state index in [-0.39, 0.29) is 0 Å². The topological polar surface area (TPSA) is 15.3 Å². The molecule has 0 heterocycles. The van der Waals surface area contributed by atoms with Gasteiger partial charge in [0.15, 0.2) is 0 Å². The Morgan fingerprint density at radius 2 is 2.05 bits per heavy atom. The van der Waals surface area contributed by atoms with Gasteiger partial charge in [0.25, 0.3) is 0 Å². The van der Waals surface area contributed by atoms with Gasteiger partial charge in [0.2, 0.25) is 0 Å². The average molecular weight is 337 g/mol. The van der Waals surface area contributed by atoms with E-state index < -0.39 is 0 Å². The molecule has 1 aromatic rings. The van der Waals surface area contributed by atoms with Crippen molar-refractivity contribution in [1.29, 1.82) is 0 Å². The minimum atomic E-state index is 0.807. The van der Waals surface area contributed by atoms with Gasteiger partial charge in [-0.1, -0.05) is 22.9 Å². The molecule has 3 heteroatoms. The lowest BCUT2D eigenvalue weighted by atomic mass is 10.1. The molecule has 2 fully saturated rings. The van der Waals surface area contributed by atoms with Gasteiger partial charge in [-0.3, -0.25) is 0 Å². The maximum absolute atomic E-state index is 3.62. The zero-order valence-corrected chi connectivity index (χ0v) is 14.0. The van der Waals surface area contributed by atoms with Crippen LogP contribution in [0.2, 0.25) is 0 Å². The first-order chi connectivity index (χ1) is 9.78. The van der Waals surface area contributed by atoms with Crippen LogP contribution in [-0.2, 0) is 6.54 Å². The van der Waals surface area contributed by atoms with Crippen molar-refractivity contribution in [2.75, 3.05) is 18.0 Å². The molecule has 2 aliphatic carbocycles. The number of halogens is 1. The summed E-state index contributed by atoms with van der Waals surface area (Å²) in [4.78, 5) is 2.69. The minimum Gasteiger partial charge on any atom is -0.368 e. The fourth-order valence-electron chi connectivity index (χ4n) is 2.78. The van der Waals surface area contributed by atoms with Crippen LogP contribution in [0.15, 0.2) is 22.7 Å². The molecule has 0 aromatic heterocycles. The van der Waals surface area contributed by atoms with Crippen LogP contribution in [0.25, 0.3) is 0 Å². The van der Waals surface area contributed by atoms with Gasteiger partial charge in [0.1, 0.15) is 0 Å². The molecular formula is C17H25BrN2. The van der Waals surface area contributed by atoms with Crippen LogP contribution in [-0.4, -0.2) is 19.1 Å². The van der Waals surface area contributed by atoms with Crippen LogP contribution in [0.5, 0.6) is 0 Å². The molecule has 2 saturated carbocycles. The number of nitrogens with one attached hydrogen (secondary N) is 1. The molecule has 110 valence electrons. The minimum absolute atomic E-state index is 0.807. The van der Waals surface area contributed by atoms with Crippen molar-refractivity contribution in [2.24, 2.45) is 5.92 Å². The second kappa shape index (κ2) is 6.48. The van der Waals surface area contributed by atoms with E-state index in [4.69, 9.17) is 0 Å². The molecule has 0 spiro atoms. The van der Waals surface area contributed by atoms with Crippen molar-refractivity contribution in [3.63, 3.8) is 0 Å². The van der Waals surface area contributed by atoms with E-state index in [1.807, 2.05) is 0 Å². The van der Waals surface area contributed by atoms with Crippen molar-refractivity contribution in [3.05, 3.63) is 28.2 Å². The van der Waals surface area contributed by atoms with Crippen LogP contribution in [0, 0.1) is 5.92 Å². The quantitative estimate of drug-likeness (QED) is 0.711. The largest absolute Gasteiger partial charge is 0.368 e. The van der Waals surface area contributed by atoms with Crippen LogP contribution >= 0.6 is 15.9 Å². The summed E-state index contributed by atoms with van der Waals surface area (Å²) in [6, 6.07) is 7.61. The van der Waals surface area contributed by atoms with Gasteiger partial charge in [-0.2, -0.15) is 0 Å². The predicted molar refractivity (Wildman–Crippen MR) is 89.2 cm³/mol. The van der Waals surface area contributed by atoms with E-state index in [1.54, 1.807) is 0 Å². The Bertz CT molecular complexity index is 452. The highest BCUT2D eigenvalue weighted by atomic mass is 79.9. The molecule has 0 radical (unpaired) electrons. The third-order valence-corrected chi connectivity index (χ3v) is 4.73. The smallest absolute Gasteiger partial charge is 0.0415 e. The van der Waals surface area contributed by atoms with Crippen LogP contribution < -0.4 is 10.2 Å². The van der Waals surface area contributed by atoms with Crippen molar-refractivity contribution in [3.8, 4) is 0 Å². The Kier molecular flexibility index (Phi) is 4.67. The highest BCUT2D eigenvalue weighted by molar-refractivity contribution is 9.10. The summed E-state index contributed by atoms with van der Waals surface area (Å²) in [5.41, 5.74) is 2.91. The summed E-state index contributed by atoms with van der Waals surface area (Å²) < 4.78 is 1.19. The standard InChI is InChI=1S/C17H25BrN2/c1-2-9-19-11-14-10-15(18)5-8-17(14)20(16-6-7-16)12-13-3-4-13/h5,8,10,13,16,19H,2-4,6-7,9,11-12H2,1H3. The van der Waals surface area contributed by atoms with Crippen molar-refractivity contribution < 1.29 is 0 Å². The highest BCUT2D eigenvalue weighted by Gasteiger charge is 2.34. The Morgan fingerprint density at radius 3 is 2.70 bits per heavy atom. The summed E-state index contributed by atoms with van der Waals surface area (Å²) in [6.07, 6.45) is 6.82. The fraction of sp³-hybridized carbons (Fsp3) is 0.647. The van der Waals surface area contributed by atoms with Gasteiger partial charge >= 0.3 is 0 Å². The molecule has 0 unspecified atom stereocenters. The normalized spacial score (nSPS) is 18.3. The first kappa shape index (κ1) is 14.4. The third-order valence-electron chi connectivity index (χ3n) is 4.23. The van der Waals surface area contributed by atoms with Gasteiger partial charge in [-0.25, -0.2) is 0 Å². The highest BCUT2D eigenvalue weighted by Crippen LogP contribution is 2.39. The van der Waals surface area contributed by atoms with Gasteiger partial charge in [-0.05, 0) is 68.3 Å². The van der Waals surface area contributed by atoms with E-state index in [9.17, 15) is 0 Å². The molecule has 1 N–H and O–H groups in total. The lowest BCUT2D eigenvalue weighted by Gasteiger charge is -2.27. The number of hydrogen-bond acceptors (Lipinski definition) is 2. The van der Waals surface area contributed by atoms with E-state index in [0.29, 0.717) is 0 Å². The number of anilines is 1. The molecule has 1 aromatic carbocycles. The van der Waals surface area contributed by atoms with Gasteiger partial charge in [0, 0.05) is 29.3 Å². The maximum atomic E-state index is 3.62. The summed E-state index contributed by atoms with van der Waals surface area (Å²) in [5, 5.41) is 3.55. The number of rotatable bonds is 8. The van der Waals surface area contributed by atoms with Crippen LogP contribution in [0.1, 0.15) is 44.6 Å². The molecule has 0 bridgehead atoms. The van der Waals surface area contributed by atoms with Gasteiger partial charge in [0.05, 0.1) is 0 Å². The molecule has 20 heavy (non-hydrogen) atoms. The average Bonchev–Trinajstić information content (AvgIpc) is 3.30. The Balaban J connectivity index is 1.77. The second-order valence-corrected chi connectivity index (χ2v) is 7.19. The monoisotopic (exact) mass is 336 g/mol. The predicted octanol–water partition coefficient (Wildman–Crippen LogP) is 4.33. The Morgan fingerprint density at radius 1 is 1.25 bits per heavy atom. The van der Waals surface area contributed by atoms with Crippen molar-refractivity contribution in [2.45, 2.75) is 51.6 Å². The fourth-order valence-corrected chi connectivity index (χ4v) is 3.19. The first-order valence-corrected chi connectivity index (χ1v) is 8.83. The maximum Gasteiger partial charge on any atom is 0.0415 e. The molecule has 3 rings (SSSR count).